The minimum atomic E-state index is -0.453. The highest BCUT2D eigenvalue weighted by atomic mass is 16.5. The number of hydrogen-bond donors (Lipinski definition) is 1. The Morgan fingerprint density at radius 1 is 0.584 bits per heavy atom. The Morgan fingerprint density at radius 2 is 1.04 bits per heavy atom. The van der Waals surface area contributed by atoms with Crippen LogP contribution in [0.3, 0.4) is 0 Å². The van der Waals surface area contributed by atoms with E-state index < -0.39 is 5.97 Å². The Kier molecular flexibility index (Phi) is 16.5. The van der Waals surface area contributed by atoms with Crippen molar-refractivity contribution in [1.29, 1.82) is 0 Å². The normalized spacial score (nSPS) is 12.8. The molecule has 1 N–H and O–H groups in total. The summed E-state index contributed by atoms with van der Waals surface area (Å²) in [6, 6.07) is 16.3. The number of hydrogen-bond acceptors (Lipinski definition) is 17. The number of carbonyl (C=O) groups is 1. The van der Waals surface area contributed by atoms with Gasteiger partial charge in [-0.2, -0.15) is 10.2 Å². The van der Waals surface area contributed by atoms with Gasteiger partial charge in [-0.05, 0) is 50.7 Å². The van der Waals surface area contributed by atoms with Crippen LogP contribution in [0.25, 0.3) is 67.6 Å². The van der Waals surface area contributed by atoms with Crippen molar-refractivity contribution >= 4 is 28.0 Å². The zero-order chi connectivity index (χ0) is 50.9. The molecule has 12 rings (SSSR count). The third-order valence-corrected chi connectivity index (χ3v) is 13.1. The van der Waals surface area contributed by atoms with Crippen LogP contribution in [0.15, 0.2) is 98.4 Å². The molecule has 0 atom stereocenters. The molecule has 77 heavy (non-hydrogen) atoms. The van der Waals surface area contributed by atoms with E-state index in [1.165, 1.54) is 13.4 Å². The Balaban J connectivity index is 0.000000196. The zero-order valence-corrected chi connectivity index (χ0v) is 41.5. The van der Waals surface area contributed by atoms with Crippen LogP contribution in [-0.2, 0) is 37.5 Å². The van der Waals surface area contributed by atoms with Crippen molar-refractivity contribution in [3.8, 4) is 57.3 Å². The molecule has 2 fully saturated rings. The van der Waals surface area contributed by atoms with E-state index in [1.807, 2.05) is 68.0 Å². The number of nitrogens with zero attached hydrogens (tertiary/aromatic N) is 16. The lowest BCUT2D eigenvalue weighted by Gasteiger charge is -2.11. The number of aliphatic hydroxyl groups is 1. The molecule has 2 aromatic carbocycles. The fraction of sp³-hybridized carbons (Fsp3) is 0.339. The van der Waals surface area contributed by atoms with E-state index in [1.54, 1.807) is 51.5 Å². The van der Waals surface area contributed by atoms with Crippen LogP contribution in [0.5, 0.6) is 11.8 Å². The van der Waals surface area contributed by atoms with Crippen molar-refractivity contribution in [3.63, 3.8) is 0 Å². The lowest BCUT2D eigenvalue weighted by molar-refractivity contribution is 0.0594. The summed E-state index contributed by atoms with van der Waals surface area (Å²) in [6.45, 7) is 6.54. The van der Waals surface area contributed by atoms with E-state index in [0.717, 1.165) is 105 Å². The van der Waals surface area contributed by atoms with Crippen LogP contribution in [0.4, 0.5) is 0 Å². The molecule has 2 aliphatic rings. The van der Waals surface area contributed by atoms with Gasteiger partial charge in [0.1, 0.15) is 35.4 Å². The molecule has 8 heterocycles. The number of fused-ring (bicyclic) bond motifs is 2. The first-order chi connectivity index (χ1) is 36.3. The number of aliphatic hydroxyl groups excluding tert-OH is 1. The molecule has 21 heteroatoms. The highest BCUT2D eigenvalue weighted by Crippen LogP contribution is 2.46. The van der Waals surface area contributed by atoms with Gasteiger partial charge in [0, 0.05) is 60.8 Å². The summed E-state index contributed by atoms with van der Waals surface area (Å²) in [5, 5.41) is 20.3. The first kappa shape index (κ1) is 54.4. The van der Waals surface area contributed by atoms with Gasteiger partial charge in [0.2, 0.25) is 11.8 Å². The molecular formula is C56H64N16O5. The maximum absolute atomic E-state index is 11.9. The van der Waals surface area contributed by atoms with Crippen LogP contribution in [0, 0.1) is 0 Å². The topological polar surface area (TPSA) is 239 Å². The minimum Gasteiger partial charge on any atom is -0.480 e. The van der Waals surface area contributed by atoms with Crippen molar-refractivity contribution in [2.45, 2.75) is 106 Å². The van der Waals surface area contributed by atoms with Crippen molar-refractivity contribution < 1.29 is 24.1 Å². The number of benzene rings is 2. The number of imidazole rings is 2. The number of esters is 1. The van der Waals surface area contributed by atoms with Gasteiger partial charge >= 0.3 is 5.97 Å². The van der Waals surface area contributed by atoms with E-state index in [4.69, 9.17) is 24.2 Å². The molecule has 2 saturated carbocycles. The average molecular weight is 1040 g/mol. The summed E-state index contributed by atoms with van der Waals surface area (Å²) in [5.41, 5.74) is 9.82. The van der Waals surface area contributed by atoms with Crippen LogP contribution < -0.4 is 9.47 Å². The summed E-state index contributed by atoms with van der Waals surface area (Å²) in [7, 11) is 4.55. The van der Waals surface area contributed by atoms with Gasteiger partial charge in [-0.1, -0.05) is 70.8 Å². The van der Waals surface area contributed by atoms with Crippen LogP contribution in [0.1, 0.15) is 112 Å². The van der Waals surface area contributed by atoms with Crippen LogP contribution in [0.2, 0.25) is 0 Å². The maximum Gasteiger partial charge on any atom is 0.358 e. The van der Waals surface area contributed by atoms with Crippen LogP contribution >= 0.6 is 0 Å². The standard InChI is InChI=1S/C27H26N8O3.C26H26N8O2.3CH4/c1-4-34-14-20(27(36)38-3)32-24(34)18-7-5-16(6-8-18)13-35-25-19(12-31-35)11-28-23(33-25)21-22(17-9-10-17)29-15-30-26(21)37-2;1-3-33-13-20(14-35)31-24(33)18-6-4-16(5-7-18)12-34-25-19(11-30-34)10-27-23(32-25)21-22(17-8-9-17)28-15-29-26(21)36-2;;;/h5-8,11-12,14-15,17H,4,9-10,13H2,1-3H3;4-7,10-11,13,15,17,35H,3,8-9,12,14H2,1-2H3;3*1H4. The van der Waals surface area contributed by atoms with Gasteiger partial charge in [-0.3, -0.25) is 0 Å². The first-order valence-corrected chi connectivity index (χ1v) is 24.4. The summed E-state index contributed by atoms with van der Waals surface area (Å²) in [5.74, 6) is 3.93. The molecule has 0 spiro atoms. The van der Waals surface area contributed by atoms with Gasteiger partial charge in [-0.15, -0.1) is 0 Å². The predicted octanol–water partition coefficient (Wildman–Crippen LogP) is 9.39. The Bertz CT molecular complexity index is 3650. The molecule has 2 aliphatic carbocycles. The monoisotopic (exact) mass is 1040 g/mol. The average Bonchev–Trinajstić information content (AvgIpc) is 4.35. The minimum absolute atomic E-state index is 0. The molecule has 0 saturated heterocycles. The number of rotatable bonds is 16. The smallest absolute Gasteiger partial charge is 0.358 e. The van der Waals surface area contributed by atoms with Gasteiger partial charge in [-0.25, -0.2) is 64.0 Å². The second kappa shape index (κ2) is 23.4. The summed E-state index contributed by atoms with van der Waals surface area (Å²) >= 11 is 0. The van der Waals surface area contributed by atoms with E-state index in [9.17, 15) is 9.90 Å². The molecule has 0 unspecified atom stereocenters. The lowest BCUT2D eigenvalue weighted by Crippen LogP contribution is -2.05. The molecule has 0 radical (unpaired) electrons. The molecule has 21 nitrogen and oxygen atoms in total. The molecule has 8 aromatic heterocycles. The van der Waals surface area contributed by atoms with Crippen molar-refractivity contribution in [1.82, 2.24) is 78.5 Å². The van der Waals surface area contributed by atoms with Gasteiger partial charge in [0.15, 0.2) is 28.6 Å². The summed E-state index contributed by atoms with van der Waals surface area (Å²) in [4.78, 5) is 57.5. The highest BCUT2D eigenvalue weighted by Gasteiger charge is 2.33. The van der Waals surface area contributed by atoms with E-state index >= 15 is 0 Å². The molecule has 0 amide bonds. The molecule has 0 aliphatic heterocycles. The number of ether oxygens (including phenoxy) is 3. The molecule has 0 bridgehead atoms. The van der Waals surface area contributed by atoms with E-state index in [-0.39, 0.29) is 34.6 Å². The van der Waals surface area contributed by atoms with Crippen molar-refractivity contribution in [3.05, 3.63) is 132 Å². The molecule has 10 aromatic rings. The lowest BCUT2D eigenvalue weighted by atomic mass is 10.1. The number of aromatic nitrogens is 16. The van der Waals surface area contributed by atoms with Gasteiger partial charge < -0.3 is 28.5 Å². The zero-order valence-electron chi connectivity index (χ0n) is 41.5. The third-order valence-electron chi connectivity index (χ3n) is 13.1. The number of carbonyl (C=O) groups excluding carboxylic acids is 1. The highest BCUT2D eigenvalue weighted by molar-refractivity contribution is 5.88. The fourth-order valence-corrected chi connectivity index (χ4v) is 9.00. The fourth-order valence-electron chi connectivity index (χ4n) is 9.00. The van der Waals surface area contributed by atoms with Crippen LogP contribution in [-0.4, -0.2) is 111 Å². The second-order valence-electron chi connectivity index (χ2n) is 18.0. The maximum atomic E-state index is 11.9. The number of methoxy groups -OCH3 is 3. The van der Waals surface area contributed by atoms with Crippen molar-refractivity contribution in [2.75, 3.05) is 21.3 Å². The Morgan fingerprint density at radius 3 is 1.45 bits per heavy atom. The largest absolute Gasteiger partial charge is 0.480 e. The van der Waals surface area contributed by atoms with Gasteiger partial charge in [0.25, 0.3) is 0 Å². The Hall–Kier alpha value is -8.85. The predicted molar refractivity (Wildman–Crippen MR) is 292 cm³/mol. The quantitative estimate of drug-likeness (QED) is 0.0886. The Labute approximate surface area is 446 Å². The van der Waals surface area contributed by atoms with Crippen molar-refractivity contribution in [2.24, 2.45) is 0 Å². The molecule has 398 valence electrons. The third kappa shape index (κ3) is 11.0. The summed E-state index contributed by atoms with van der Waals surface area (Å²) < 4.78 is 23.6. The molecular weight excluding hydrogens is 977 g/mol. The first-order valence-electron chi connectivity index (χ1n) is 24.4. The second-order valence-corrected chi connectivity index (χ2v) is 18.0. The van der Waals surface area contributed by atoms with Gasteiger partial charge in [0.05, 0.1) is 81.3 Å². The summed E-state index contributed by atoms with van der Waals surface area (Å²) in [6.07, 6.45) is 18.2. The SMILES string of the molecule is C.C.C.CCn1cc(C(=O)OC)nc1-c1ccc(Cn2ncc3cnc(-c4c(OC)ncnc4C4CC4)nc32)cc1.CCn1cc(CO)nc1-c1ccc(Cn2ncc3cnc(-c4c(OC)ncnc4C4CC4)nc32)cc1. The van der Waals surface area contributed by atoms with E-state index in [0.29, 0.717) is 66.4 Å². The van der Waals surface area contributed by atoms with E-state index in [2.05, 4.69) is 69.1 Å². The number of aryl methyl sites for hydroxylation is 2.